The Bertz CT molecular complexity index is 1390. The molecule has 0 bridgehead atoms. The molecule has 0 aliphatic carbocycles. The fourth-order valence-electron chi connectivity index (χ4n) is 3.68. The summed E-state index contributed by atoms with van der Waals surface area (Å²) in [7, 11) is 0. The van der Waals surface area contributed by atoms with Crippen molar-refractivity contribution in [2.45, 2.75) is 68.2 Å². The van der Waals surface area contributed by atoms with Gasteiger partial charge >= 0.3 is 23.9 Å². The van der Waals surface area contributed by atoms with Crippen molar-refractivity contribution in [3.8, 4) is 11.5 Å². The zero-order chi connectivity index (χ0) is 35.3. The van der Waals surface area contributed by atoms with Gasteiger partial charge in [-0.05, 0) is 34.8 Å². The highest BCUT2D eigenvalue weighted by atomic mass is 35.5. The first-order valence-electron chi connectivity index (χ1n) is 14.3. The number of ether oxygens (including phenoxy) is 4. The monoisotopic (exact) mass is 758 g/mol. The molecule has 0 fully saturated rings. The summed E-state index contributed by atoms with van der Waals surface area (Å²) in [5.74, 6) is -6.63. The predicted octanol–water partition coefficient (Wildman–Crippen LogP) is 10.6. The Labute approximate surface area is 299 Å². The lowest BCUT2D eigenvalue weighted by atomic mass is 9.78. The van der Waals surface area contributed by atoms with Crippen LogP contribution >= 0.6 is 69.6 Å². The number of benzene rings is 2. The minimum Gasteiger partial charge on any atom is -0.462 e. The van der Waals surface area contributed by atoms with Crippen LogP contribution in [0.3, 0.4) is 0 Å². The second-order valence-corrected chi connectivity index (χ2v) is 14.6. The first-order valence-corrected chi connectivity index (χ1v) is 16.6. The highest BCUT2D eigenvalue weighted by molar-refractivity contribution is 6.47. The number of rotatable bonds is 12. The third-order valence-corrected chi connectivity index (χ3v) is 10.8. The van der Waals surface area contributed by atoms with Gasteiger partial charge in [0.1, 0.15) is 11.1 Å². The zero-order valence-electron chi connectivity index (χ0n) is 26.7. The maximum absolute atomic E-state index is 13.1. The van der Waals surface area contributed by atoms with Crippen LogP contribution in [0.15, 0.2) is 12.1 Å². The van der Waals surface area contributed by atoms with Gasteiger partial charge in [-0.1, -0.05) is 138 Å². The van der Waals surface area contributed by atoms with Crippen molar-refractivity contribution >= 4 is 93.5 Å². The molecule has 254 valence electrons. The maximum atomic E-state index is 13.1. The van der Waals surface area contributed by atoms with Crippen molar-refractivity contribution in [1.29, 1.82) is 0 Å². The first kappa shape index (κ1) is 40.2. The van der Waals surface area contributed by atoms with E-state index in [-0.39, 0.29) is 66.0 Å². The Hall–Kier alpha value is -1.94. The van der Waals surface area contributed by atoms with E-state index in [4.69, 9.17) is 88.6 Å². The van der Waals surface area contributed by atoms with E-state index in [1.165, 1.54) is 0 Å². The van der Waals surface area contributed by atoms with E-state index >= 15 is 0 Å². The van der Waals surface area contributed by atoms with Crippen molar-refractivity contribution in [3.05, 3.63) is 53.4 Å². The second kappa shape index (κ2) is 16.4. The molecule has 46 heavy (non-hydrogen) atoms. The van der Waals surface area contributed by atoms with Crippen molar-refractivity contribution in [1.82, 2.24) is 0 Å². The average molecular weight is 761 g/mol. The topological polar surface area (TPSA) is 105 Å². The smallest absolute Gasteiger partial charge is 0.423 e. The molecule has 0 spiro atoms. The molecule has 0 aliphatic heterocycles. The molecule has 0 saturated heterocycles. The fourth-order valence-corrected chi connectivity index (χ4v) is 5.12. The van der Waals surface area contributed by atoms with Gasteiger partial charge < -0.3 is 18.9 Å². The van der Waals surface area contributed by atoms with Crippen LogP contribution in [0, 0.1) is 22.7 Å². The molecule has 2 unspecified atom stereocenters. The van der Waals surface area contributed by atoms with Crippen LogP contribution in [0.4, 0.5) is 0 Å². The summed E-state index contributed by atoms with van der Waals surface area (Å²) >= 11 is 37.4. The first-order chi connectivity index (χ1) is 21.2. The Morgan fingerprint density at radius 3 is 1.20 bits per heavy atom. The Kier molecular flexibility index (Phi) is 14.4. The van der Waals surface area contributed by atoms with Crippen molar-refractivity contribution in [2.75, 3.05) is 13.2 Å². The average Bonchev–Trinajstić information content (AvgIpc) is 2.99. The molecule has 0 heterocycles. The van der Waals surface area contributed by atoms with Crippen molar-refractivity contribution in [2.24, 2.45) is 22.7 Å². The molecule has 0 saturated carbocycles. The second-order valence-electron chi connectivity index (χ2n) is 12.2. The van der Waals surface area contributed by atoms with Gasteiger partial charge in [-0.3, -0.25) is 0 Å². The van der Waals surface area contributed by atoms with Crippen LogP contribution in [0.2, 0.25) is 30.1 Å². The predicted molar refractivity (Wildman–Crippen MR) is 181 cm³/mol. The van der Waals surface area contributed by atoms with Crippen LogP contribution in [-0.4, -0.2) is 37.1 Å². The molecule has 2 aromatic rings. The number of carbonyl (C=O) groups excluding carboxylic acids is 4. The number of hydrogen-bond acceptors (Lipinski definition) is 8. The van der Waals surface area contributed by atoms with Gasteiger partial charge in [0.15, 0.2) is 11.5 Å². The minimum atomic E-state index is -1.66. The summed E-state index contributed by atoms with van der Waals surface area (Å²) in [6, 6.07) is 2.23. The normalized spacial score (nSPS) is 13.1. The summed E-state index contributed by atoms with van der Waals surface area (Å²) in [6.45, 7) is 15.9. The van der Waals surface area contributed by atoms with Gasteiger partial charge in [0, 0.05) is 0 Å². The van der Waals surface area contributed by atoms with Gasteiger partial charge in [-0.25, -0.2) is 19.2 Å². The van der Waals surface area contributed by atoms with E-state index in [9.17, 15) is 19.2 Å². The number of halogens is 6. The number of hydrogen-bond donors (Lipinski definition) is 0. The molecule has 2 rings (SSSR count). The van der Waals surface area contributed by atoms with Gasteiger partial charge in [0.05, 0.1) is 43.3 Å². The number of carbonyl (C=O) groups is 4. The summed E-state index contributed by atoms with van der Waals surface area (Å²) in [5, 5.41) is -1.58. The Morgan fingerprint density at radius 2 is 0.913 bits per heavy atom. The van der Waals surface area contributed by atoms with E-state index < -0.39 is 46.5 Å². The molecule has 0 N–H and O–H groups in total. The lowest BCUT2D eigenvalue weighted by molar-refractivity contribution is -0.156. The van der Waals surface area contributed by atoms with Crippen LogP contribution in [0.1, 0.15) is 88.9 Å². The van der Waals surface area contributed by atoms with Gasteiger partial charge in [-0.2, -0.15) is 0 Å². The van der Waals surface area contributed by atoms with Gasteiger partial charge in [-0.15, -0.1) is 0 Å². The molecule has 2 atom stereocenters. The van der Waals surface area contributed by atoms with Crippen LogP contribution in [0.25, 0.3) is 0 Å². The summed E-state index contributed by atoms with van der Waals surface area (Å²) in [6.07, 6.45) is 1.64. The minimum absolute atomic E-state index is 0.00101. The van der Waals surface area contributed by atoms with Crippen molar-refractivity contribution < 1.29 is 38.1 Å². The third-order valence-electron chi connectivity index (χ3n) is 8.64. The Balaban J connectivity index is 2.39. The lowest BCUT2D eigenvalue weighted by Crippen LogP contribution is -2.29. The van der Waals surface area contributed by atoms with Crippen molar-refractivity contribution in [3.63, 3.8) is 0 Å². The number of esters is 4. The standard InChI is InChI=1S/C32H36Cl6O8/c1-9-31(5,6)15(3)13-43-27(39)21-23(37)17(33)11-19(35)25(21)45-29(41)30(42)46-26-20(36)12-18(34)24(38)22(26)28(40)44-14-16(4)32(7,8)10-2/h11-12,15-16H,9-10,13-14H2,1-8H3. The molecule has 0 radical (unpaired) electrons. The third kappa shape index (κ3) is 9.57. The molecule has 8 nitrogen and oxygen atoms in total. The fraction of sp³-hybridized carbons (Fsp3) is 0.500. The molecule has 0 aliphatic rings. The van der Waals surface area contributed by atoms with Crippen LogP contribution in [-0.2, 0) is 19.1 Å². The highest BCUT2D eigenvalue weighted by Gasteiger charge is 2.33. The Morgan fingerprint density at radius 1 is 0.609 bits per heavy atom. The molecule has 14 heteroatoms. The largest absolute Gasteiger partial charge is 0.462 e. The molecular weight excluding hydrogens is 725 g/mol. The molecule has 0 aromatic heterocycles. The maximum Gasteiger partial charge on any atom is 0.423 e. The zero-order valence-corrected chi connectivity index (χ0v) is 31.2. The van der Waals surface area contributed by atoms with Gasteiger partial charge in [0.2, 0.25) is 0 Å². The molecule has 2 aromatic carbocycles. The van der Waals surface area contributed by atoms with Crippen LogP contribution in [0.5, 0.6) is 11.5 Å². The van der Waals surface area contributed by atoms with Crippen LogP contribution < -0.4 is 9.47 Å². The summed E-state index contributed by atoms with van der Waals surface area (Å²) in [4.78, 5) is 52.3. The molecular formula is C32H36Cl6O8. The lowest BCUT2D eigenvalue weighted by Gasteiger charge is -2.30. The van der Waals surface area contributed by atoms with Gasteiger partial charge in [0.25, 0.3) is 0 Å². The van der Waals surface area contributed by atoms with E-state index in [1.54, 1.807) is 0 Å². The van der Waals surface area contributed by atoms with E-state index in [2.05, 4.69) is 0 Å². The SMILES string of the molecule is CCC(C)(C)C(C)COC(=O)c1c(Cl)c(Cl)cc(Cl)c1OC(=O)C(=O)Oc1c(Cl)cc(Cl)c(Cl)c1C(=O)OCC(C)C(C)(C)CC. The van der Waals surface area contributed by atoms with E-state index in [1.807, 2.05) is 55.4 Å². The summed E-state index contributed by atoms with van der Waals surface area (Å²) < 4.78 is 21.3. The summed E-state index contributed by atoms with van der Waals surface area (Å²) in [5.41, 5.74) is -1.28. The van der Waals surface area contributed by atoms with E-state index in [0.717, 1.165) is 25.0 Å². The quantitative estimate of drug-likeness (QED) is 0.0911. The molecule has 0 amide bonds. The highest BCUT2D eigenvalue weighted by Crippen LogP contribution is 2.42. The van der Waals surface area contributed by atoms with E-state index in [0.29, 0.717) is 0 Å².